The third-order valence-corrected chi connectivity index (χ3v) is 3.98. The van der Waals surface area contributed by atoms with Gasteiger partial charge in [-0.1, -0.05) is 35.9 Å². The van der Waals surface area contributed by atoms with Crippen molar-refractivity contribution in [1.82, 2.24) is 5.32 Å². The largest absolute Gasteiger partial charge is 0.484 e. The van der Waals surface area contributed by atoms with Crippen LogP contribution >= 0.6 is 0 Å². The van der Waals surface area contributed by atoms with Gasteiger partial charge in [-0.3, -0.25) is 4.79 Å². The lowest BCUT2D eigenvalue weighted by molar-refractivity contribution is -0.124. The van der Waals surface area contributed by atoms with E-state index < -0.39 is 5.60 Å². The van der Waals surface area contributed by atoms with Gasteiger partial charge in [0, 0.05) is 5.39 Å². The summed E-state index contributed by atoms with van der Waals surface area (Å²) in [7, 11) is 0. The van der Waals surface area contributed by atoms with Gasteiger partial charge in [-0.2, -0.15) is 0 Å². The minimum Gasteiger partial charge on any atom is -0.484 e. The van der Waals surface area contributed by atoms with Crippen LogP contribution in [-0.4, -0.2) is 24.2 Å². The quantitative estimate of drug-likeness (QED) is 0.724. The van der Waals surface area contributed by atoms with E-state index in [0.717, 1.165) is 10.9 Å². The number of nitrogens with one attached hydrogen (secondary N) is 1. The second-order valence-corrected chi connectivity index (χ2v) is 6.30. The van der Waals surface area contributed by atoms with Gasteiger partial charge in [0.25, 0.3) is 5.91 Å². The predicted molar refractivity (Wildman–Crippen MR) is 95.5 cm³/mol. The number of carbonyl (C=O) groups is 1. The number of fused-ring (bicyclic) bond motifs is 1. The highest BCUT2D eigenvalue weighted by Gasteiger charge is 2.28. The average molecular weight is 339 g/mol. The lowest BCUT2D eigenvalue weighted by atomic mass is 10.0. The molecule has 0 aliphatic heterocycles. The van der Waals surface area contributed by atoms with Gasteiger partial charge in [0.1, 0.15) is 22.7 Å². The van der Waals surface area contributed by atoms with Gasteiger partial charge in [-0.05, 0) is 38.1 Å². The monoisotopic (exact) mass is 339 g/mol. The molecule has 1 atom stereocenters. The van der Waals surface area contributed by atoms with Crippen LogP contribution in [0.4, 0.5) is 0 Å². The lowest BCUT2D eigenvalue weighted by Crippen LogP contribution is -2.40. The zero-order chi connectivity index (χ0) is 17.9. The van der Waals surface area contributed by atoms with Gasteiger partial charge >= 0.3 is 0 Å². The Morgan fingerprint density at radius 3 is 2.64 bits per heavy atom. The number of para-hydroxylation sites is 1. The summed E-state index contributed by atoms with van der Waals surface area (Å²) in [5.74, 6) is 0.732. The number of hydrogen-bond acceptors (Lipinski definition) is 4. The molecule has 0 spiro atoms. The Balaban J connectivity index is 1.55. The highest BCUT2D eigenvalue weighted by atomic mass is 16.5. The molecule has 3 rings (SSSR count). The van der Waals surface area contributed by atoms with Crippen LogP contribution in [0.1, 0.15) is 18.2 Å². The molecular formula is C20H21NO4. The Morgan fingerprint density at radius 1 is 1.20 bits per heavy atom. The third kappa shape index (κ3) is 4.19. The number of carbonyl (C=O) groups excluding carboxylic acids is 1. The van der Waals surface area contributed by atoms with Crippen molar-refractivity contribution in [2.24, 2.45) is 0 Å². The van der Waals surface area contributed by atoms with Crippen molar-refractivity contribution in [3.63, 3.8) is 0 Å². The first kappa shape index (κ1) is 17.0. The highest BCUT2D eigenvalue weighted by molar-refractivity contribution is 5.78. The first-order valence-electron chi connectivity index (χ1n) is 8.12. The number of aliphatic hydroxyl groups is 1. The van der Waals surface area contributed by atoms with Crippen molar-refractivity contribution >= 4 is 16.9 Å². The Labute approximate surface area is 146 Å². The van der Waals surface area contributed by atoms with Crippen molar-refractivity contribution in [2.75, 3.05) is 13.2 Å². The minimum atomic E-state index is -1.31. The van der Waals surface area contributed by atoms with Crippen LogP contribution in [-0.2, 0) is 10.4 Å². The van der Waals surface area contributed by atoms with E-state index in [4.69, 9.17) is 9.15 Å². The standard InChI is InChI=1S/C20H21NO4/c1-14-7-9-16(10-8-14)24-12-19(22)21-13-20(2,23)18-11-15-5-3-4-6-17(15)25-18/h3-11,23H,12-13H2,1-2H3,(H,21,22). The SMILES string of the molecule is Cc1ccc(OCC(=O)NCC(C)(O)c2cc3ccccc3o2)cc1. The fourth-order valence-corrected chi connectivity index (χ4v) is 2.44. The van der Waals surface area contributed by atoms with Crippen molar-refractivity contribution < 1.29 is 19.1 Å². The number of furan rings is 1. The maximum absolute atomic E-state index is 12.0. The molecule has 2 N–H and O–H groups in total. The fourth-order valence-electron chi connectivity index (χ4n) is 2.44. The highest BCUT2D eigenvalue weighted by Crippen LogP contribution is 2.27. The van der Waals surface area contributed by atoms with Crippen LogP contribution in [0.15, 0.2) is 59.0 Å². The van der Waals surface area contributed by atoms with E-state index in [2.05, 4.69) is 5.32 Å². The van der Waals surface area contributed by atoms with Crippen LogP contribution in [0, 0.1) is 6.92 Å². The second-order valence-electron chi connectivity index (χ2n) is 6.30. The topological polar surface area (TPSA) is 71.7 Å². The molecule has 1 unspecified atom stereocenters. The molecular weight excluding hydrogens is 318 g/mol. The van der Waals surface area contributed by atoms with Gasteiger partial charge in [-0.25, -0.2) is 0 Å². The molecule has 0 aliphatic rings. The van der Waals surface area contributed by atoms with E-state index in [1.165, 1.54) is 0 Å². The normalized spacial score (nSPS) is 13.4. The van der Waals surface area contributed by atoms with Gasteiger partial charge in [0.05, 0.1) is 6.54 Å². The first-order valence-corrected chi connectivity index (χ1v) is 8.12. The molecule has 2 aromatic carbocycles. The maximum atomic E-state index is 12.0. The Kier molecular flexibility index (Phi) is 4.76. The molecule has 25 heavy (non-hydrogen) atoms. The van der Waals surface area contributed by atoms with Crippen molar-refractivity contribution in [3.05, 3.63) is 65.9 Å². The summed E-state index contributed by atoms with van der Waals surface area (Å²) in [5.41, 5.74) is 0.518. The average Bonchev–Trinajstić information content (AvgIpc) is 3.05. The van der Waals surface area contributed by atoms with Crippen LogP contribution < -0.4 is 10.1 Å². The van der Waals surface area contributed by atoms with E-state index in [0.29, 0.717) is 17.1 Å². The molecule has 0 radical (unpaired) electrons. The third-order valence-electron chi connectivity index (χ3n) is 3.98. The summed E-state index contributed by atoms with van der Waals surface area (Å²) in [6.45, 7) is 3.50. The van der Waals surface area contributed by atoms with E-state index in [9.17, 15) is 9.90 Å². The molecule has 5 heteroatoms. The van der Waals surface area contributed by atoms with Crippen LogP contribution in [0.2, 0.25) is 0 Å². The predicted octanol–water partition coefficient (Wildman–Crippen LogP) is 3.14. The molecule has 3 aromatic rings. The molecule has 0 bridgehead atoms. The van der Waals surface area contributed by atoms with E-state index in [1.807, 2.05) is 55.5 Å². The van der Waals surface area contributed by atoms with Crippen molar-refractivity contribution in [3.8, 4) is 5.75 Å². The summed E-state index contributed by atoms with van der Waals surface area (Å²) >= 11 is 0. The minimum absolute atomic E-state index is 0.0307. The molecule has 5 nitrogen and oxygen atoms in total. The number of rotatable bonds is 6. The van der Waals surface area contributed by atoms with Crippen LogP contribution in [0.25, 0.3) is 11.0 Å². The zero-order valence-electron chi connectivity index (χ0n) is 14.3. The molecule has 0 fully saturated rings. The number of amides is 1. The summed E-state index contributed by atoms with van der Waals surface area (Å²) in [6, 6.07) is 16.8. The first-order chi connectivity index (χ1) is 11.9. The van der Waals surface area contributed by atoms with Gasteiger partial charge in [0.15, 0.2) is 6.61 Å². The molecule has 0 saturated heterocycles. The smallest absolute Gasteiger partial charge is 0.258 e. The number of ether oxygens (including phenoxy) is 1. The van der Waals surface area contributed by atoms with Crippen molar-refractivity contribution in [1.29, 1.82) is 0 Å². The number of aryl methyl sites for hydroxylation is 1. The number of hydrogen-bond donors (Lipinski definition) is 2. The Bertz CT molecular complexity index is 832. The summed E-state index contributed by atoms with van der Waals surface area (Å²) < 4.78 is 11.1. The van der Waals surface area contributed by atoms with Gasteiger partial charge in [0.2, 0.25) is 0 Å². The molecule has 1 heterocycles. The summed E-state index contributed by atoms with van der Waals surface area (Å²) in [6.07, 6.45) is 0. The molecule has 130 valence electrons. The second kappa shape index (κ2) is 6.99. The molecule has 1 amide bonds. The Hall–Kier alpha value is -2.79. The van der Waals surface area contributed by atoms with Crippen LogP contribution in [0.3, 0.4) is 0 Å². The molecule has 0 saturated carbocycles. The van der Waals surface area contributed by atoms with E-state index in [1.54, 1.807) is 13.0 Å². The summed E-state index contributed by atoms with van der Waals surface area (Å²) in [4.78, 5) is 12.0. The van der Waals surface area contributed by atoms with E-state index >= 15 is 0 Å². The van der Waals surface area contributed by atoms with E-state index in [-0.39, 0.29) is 19.1 Å². The number of benzene rings is 2. The lowest BCUT2D eigenvalue weighted by Gasteiger charge is -2.21. The van der Waals surface area contributed by atoms with Crippen LogP contribution in [0.5, 0.6) is 5.75 Å². The molecule has 1 aromatic heterocycles. The zero-order valence-corrected chi connectivity index (χ0v) is 14.3. The van der Waals surface area contributed by atoms with Crippen molar-refractivity contribution in [2.45, 2.75) is 19.4 Å². The van der Waals surface area contributed by atoms with Gasteiger partial charge in [-0.15, -0.1) is 0 Å². The molecule has 0 aliphatic carbocycles. The maximum Gasteiger partial charge on any atom is 0.258 e. The van der Waals surface area contributed by atoms with Gasteiger partial charge < -0.3 is 19.6 Å². The Morgan fingerprint density at radius 2 is 1.92 bits per heavy atom. The fraction of sp³-hybridized carbons (Fsp3) is 0.250. The summed E-state index contributed by atoms with van der Waals surface area (Å²) in [5, 5.41) is 14.2.